The largest absolute Gasteiger partial charge is 0.310 e. The second kappa shape index (κ2) is 2.41. The van der Waals surface area contributed by atoms with E-state index in [2.05, 4.69) is 26.3 Å². The van der Waals surface area contributed by atoms with E-state index in [1.165, 1.54) is 4.68 Å². The summed E-state index contributed by atoms with van der Waals surface area (Å²) in [6.07, 6.45) is -0.138. The highest BCUT2D eigenvalue weighted by molar-refractivity contribution is 9.10. The van der Waals surface area contributed by atoms with E-state index < -0.39 is 0 Å². The zero-order valence-electron chi connectivity index (χ0n) is 5.87. The van der Waals surface area contributed by atoms with Crippen LogP contribution in [0.1, 0.15) is 11.2 Å². The Labute approximate surface area is 75.9 Å². The third-order valence-corrected chi connectivity index (χ3v) is 1.88. The lowest BCUT2D eigenvalue weighted by Crippen LogP contribution is -2.29. The number of fused-ring (bicyclic) bond motifs is 1. The van der Waals surface area contributed by atoms with E-state index in [0.29, 0.717) is 10.4 Å². The molecule has 6 heteroatoms. The monoisotopic (exact) mass is 229 g/mol. The predicted molar refractivity (Wildman–Crippen MR) is 43.8 cm³/mol. The van der Waals surface area contributed by atoms with E-state index in [4.69, 9.17) is 0 Å². The maximum Gasteiger partial charge on any atom is 0.258 e. The van der Waals surface area contributed by atoms with Gasteiger partial charge < -0.3 is 5.32 Å². The van der Waals surface area contributed by atoms with E-state index in [0.717, 1.165) is 0 Å². The van der Waals surface area contributed by atoms with E-state index in [-0.39, 0.29) is 18.2 Å². The first kappa shape index (κ1) is 7.48. The molecule has 1 amide bonds. The number of aromatic nitrogens is 2. The topological polar surface area (TPSA) is 64.0 Å². The standard InChI is InChI=1S/C6H4BrN3O2/c7-3-1-4-8-5(11)2-6(12)10(4)9-3/h1H,2H2,(H,8,11). The van der Waals surface area contributed by atoms with Crippen LogP contribution in [0.25, 0.3) is 0 Å². The summed E-state index contributed by atoms with van der Waals surface area (Å²) in [6, 6.07) is 1.58. The van der Waals surface area contributed by atoms with Gasteiger partial charge in [-0.2, -0.15) is 9.78 Å². The summed E-state index contributed by atoms with van der Waals surface area (Å²) in [5.74, 6) is -0.178. The summed E-state index contributed by atoms with van der Waals surface area (Å²) >= 11 is 3.10. The second-order valence-electron chi connectivity index (χ2n) is 2.38. The fourth-order valence-electron chi connectivity index (χ4n) is 1.03. The fraction of sp³-hybridized carbons (Fsp3) is 0.167. The van der Waals surface area contributed by atoms with Gasteiger partial charge in [-0.25, -0.2) is 0 Å². The molecule has 1 aliphatic heterocycles. The lowest BCUT2D eigenvalue weighted by molar-refractivity contribution is -0.115. The molecule has 2 heterocycles. The molecule has 0 bridgehead atoms. The van der Waals surface area contributed by atoms with Crippen molar-refractivity contribution in [1.29, 1.82) is 0 Å². The highest BCUT2D eigenvalue weighted by Gasteiger charge is 2.23. The predicted octanol–water partition coefficient (Wildman–Crippen LogP) is 0.628. The third-order valence-electron chi connectivity index (χ3n) is 1.50. The minimum atomic E-state index is -0.306. The molecule has 1 aromatic heterocycles. The first-order valence-electron chi connectivity index (χ1n) is 3.25. The Kier molecular flexibility index (Phi) is 1.50. The molecule has 0 fully saturated rings. The first-order chi connectivity index (χ1) is 5.66. The lowest BCUT2D eigenvalue weighted by Gasteiger charge is -2.11. The van der Waals surface area contributed by atoms with E-state index in [1.54, 1.807) is 6.07 Å². The number of hydrogen-bond donors (Lipinski definition) is 1. The number of anilines is 1. The van der Waals surface area contributed by atoms with E-state index in [1.807, 2.05) is 0 Å². The van der Waals surface area contributed by atoms with Crippen LogP contribution >= 0.6 is 15.9 Å². The Balaban J connectivity index is 2.53. The number of amides is 1. The minimum absolute atomic E-state index is 0.138. The molecule has 1 N–H and O–H groups in total. The molecule has 0 aromatic carbocycles. The minimum Gasteiger partial charge on any atom is -0.310 e. The van der Waals surface area contributed by atoms with Crippen LogP contribution in [0.2, 0.25) is 0 Å². The summed E-state index contributed by atoms with van der Waals surface area (Å²) in [6.45, 7) is 0. The Morgan fingerprint density at radius 2 is 2.33 bits per heavy atom. The lowest BCUT2D eigenvalue weighted by atomic mass is 10.3. The van der Waals surface area contributed by atoms with Gasteiger partial charge in [0.2, 0.25) is 5.91 Å². The van der Waals surface area contributed by atoms with Crippen molar-refractivity contribution < 1.29 is 9.59 Å². The number of hydrogen-bond acceptors (Lipinski definition) is 3. The van der Waals surface area contributed by atoms with Crippen LogP contribution in [0.3, 0.4) is 0 Å². The van der Waals surface area contributed by atoms with Gasteiger partial charge in [-0.05, 0) is 15.9 Å². The summed E-state index contributed by atoms with van der Waals surface area (Å²) in [4.78, 5) is 22.0. The number of nitrogens with one attached hydrogen (secondary N) is 1. The maximum absolute atomic E-state index is 11.1. The summed E-state index contributed by atoms with van der Waals surface area (Å²) < 4.78 is 1.71. The summed E-state index contributed by atoms with van der Waals surface area (Å²) in [5, 5.41) is 6.36. The number of nitrogens with zero attached hydrogens (tertiary/aromatic N) is 2. The van der Waals surface area contributed by atoms with Crippen LogP contribution in [0.5, 0.6) is 0 Å². The molecule has 1 aliphatic rings. The van der Waals surface area contributed by atoms with Crippen molar-refractivity contribution in [3.63, 3.8) is 0 Å². The van der Waals surface area contributed by atoms with Gasteiger partial charge in [0, 0.05) is 6.07 Å². The van der Waals surface area contributed by atoms with Crippen molar-refractivity contribution in [3.8, 4) is 0 Å². The van der Waals surface area contributed by atoms with Crippen LogP contribution in [0.4, 0.5) is 5.82 Å². The molecule has 0 saturated heterocycles. The molecule has 5 nitrogen and oxygen atoms in total. The van der Waals surface area contributed by atoms with Crippen molar-refractivity contribution in [2.75, 3.05) is 5.32 Å². The Bertz CT molecular complexity index is 371. The Morgan fingerprint density at radius 3 is 3.08 bits per heavy atom. The van der Waals surface area contributed by atoms with Crippen LogP contribution < -0.4 is 5.32 Å². The van der Waals surface area contributed by atoms with E-state index in [9.17, 15) is 9.59 Å². The number of rotatable bonds is 0. The average molecular weight is 230 g/mol. The van der Waals surface area contributed by atoms with Crippen LogP contribution in [-0.2, 0) is 4.79 Å². The Hall–Kier alpha value is -1.17. The fourth-order valence-corrected chi connectivity index (χ4v) is 1.41. The van der Waals surface area contributed by atoms with Gasteiger partial charge in [0.25, 0.3) is 5.91 Å². The third kappa shape index (κ3) is 1.04. The second-order valence-corrected chi connectivity index (χ2v) is 3.20. The molecule has 0 unspecified atom stereocenters. The SMILES string of the molecule is O=C1CC(=O)n2nc(Br)cc2N1. The van der Waals surface area contributed by atoms with Crippen molar-refractivity contribution in [2.45, 2.75) is 6.42 Å². The number of carbonyl (C=O) groups excluding carboxylic acids is 2. The van der Waals surface area contributed by atoms with Gasteiger partial charge in [0.1, 0.15) is 16.8 Å². The van der Waals surface area contributed by atoms with Gasteiger partial charge in [0.05, 0.1) is 0 Å². The zero-order chi connectivity index (χ0) is 8.72. The zero-order valence-corrected chi connectivity index (χ0v) is 7.46. The van der Waals surface area contributed by atoms with Gasteiger partial charge in [-0.3, -0.25) is 9.59 Å². The molecule has 0 saturated carbocycles. The molecule has 0 atom stereocenters. The summed E-state index contributed by atoms with van der Waals surface area (Å²) in [5.41, 5.74) is 0. The quantitative estimate of drug-likeness (QED) is 0.664. The van der Waals surface area contributed by atoms with Gasteiger partial charge in [-0.1, -0.05) is 0 Å². The van der Waals surface area contributed by atoms with Crippen LogP contribution in [-0.4, -0.2) is 21.6 Å². The summed E-state index contributed by atoms with van der Waals surface area (Å²) in [7, 11) is 0. The first-order valence-corrected chi connectivity index (χ1v) is 4.05. The molecule has 0 aliphatic carbocycles. The molecule has 2 rings (SSSR count). The molecule has 0 spiro atoms. The average Bonchev–Trinajstić information content (AvgIpc) is 2.29. The Morgan fingerprint density at radius 1 is 1.58 bits per heavy atom. The molecular formula is C6H4BrN3O2. The maximum atomic E-state index is 11.1. The number of halogens is 1. The molecule has 62 valence electrons. The van der Waals surface area contributed by atoms with E-state index >= 15 is 0 Å². The smallest absolute Gasteiger partial charge is 0.258 e. The molecule has 12 heavy (non-hydrogen) atoms. The van der Waals surface area contributed by atoms with Crippen LogP contribution in [0.15, 0.2) is 10.7 Å². The van der Waals surface area contributed by atoms with Crippen molar-refractivity contribution >= 4 is 33.6 Å². The van der Waals surface area contributed by atoms with Gasteiger partial charge in [-0.15, -0.1) is 0 Å². The highest BCUT2D eigenvalue weighted by atomic mass is 79.9. The number of carbonyl (C=O) groups is 2. The molecule has 0 radical (unpaired) electrons. The van der Waals surface area contributed by atoms with Crippen molar-refractivity contribution in [2.24, 2.45) is 0 Å². The van der Waals surface area contributed by atoms with Crippen molar-refractivity contribution in [3.05, 3.63) is 10.7 Å². The van der Waals surface area contributed by atoms with Crippen molar-refractivity contribution in [1.82, 2.24) is 9.78 Å². The normalized spacial score (nSPS) is 15.8. The van der Waals surface area contributed by atoms with Gasteiger partial charge >= 0.3 is 0 Å². The molecule has 1 aromatic rings. The van der Waals surface area contributed by atoms with Gasteiger partial charge in [0.15, 0.2) is 0 Å². The highest BCUT2D eigenvalue weighted by Crippen LogP contribution is 2.19. The van der Waals surface area contributed by atoms with Crippen LogP contribution in [0, 0.1) is 0 Å². The molecular weight excluding hydrogens is 226 g/mol.